The monoisotopic (exact) mass is 586 g/mol. The molecule has 2 unspecified atom stereocenters. The van der Waals surface area contributed by atoms with Crippen LogP contribution in [-0.2, 0) is 15.4 Å². The van der Waals surface area contributed by atoms with Gasteiger partial charge in [-0.25, -0.2) is 4.98 Å². The lowest BCUT2D eigenvalue weighted by Crippen LogP contribution is -2.51. The number of halogens is 4. The zero-order chi connectivity index (χ0) is 23.2. The molecule has 0 amide bonds. The van der Waals surface area contributed by atoms with E-state index in [1.807, 2.05) is 11.0 Å². The number of hydrogen-bond donors (Lipinski definition) is 0. The average Bonchev–Trinajstić information content (AvgIpc) is 2.79. The van der Waals surface area contributed by atoms with Crippen LogP contribution in [0.25, 0.3) is 0 Å². The summed E-state index contributed by atoms with van der Waals surface area (Å²) >= 11 is 6.67. The number of nitrogens with zero attached hydrogens (tertiary/aromatic N) is 4. The van der Waals surface area contributed by atoms with Gasteiger partial charge in [0.15, 0.2) is 5.78 Å². The normalized spacial score (nSPS) is 25.2. The van der Waals surface area contributed by atoms with E-state index in [1.54, 1.807) is 12.3 Å². The van der Waals surface area contributed by atoms with Crippen LogP contribution in [0, 0.1) is 0 Å². The van der Waals surface area contributed by atoms with Gasteiger partial charge >= 0.3 is 0 Å². The summed E-state index contributed by atoms with van der Waals surface area (Å²) < 4.78 is 40.2. The SMILES string of the molecule is FC1(F)CC2COCCN2c2cc(Br)cnc21.O=C1CC2COCCN2c2cc(Br)cnc21. The van der Waals surface area contributed by atoms with Crippen molar-refractivity contribution in [1.82, 2.24) is 9.97 Å². The van der Waals surface area contributed by atoms with Crippen molar-refractivity contribution in [3.63, 3.8) is 0 Å². The highest BCUT2D eigenvalue weighted by atomic mass is 79.9. The summed E-state index contributed by atoms with van der Waals surface area (Å²) in [6, 6.07) is 3.62. The van der Waals surface area contributed by atoms with Gasteiger partial charge in [-0.3, -0.25) is 9.78 Å². The van der Waals surface area contributed by atoms with Crippen LogP contribution in [0.1, 0.15) is 29.0 Å². The van der Waals surface area contributed by atoms with Gasteiger partial charge in [0.1, 0.15) is 11.4 Å². The van der Waals surface area contributed by atoms with Crippen molar-refractivity contribution in [3.05, 3.63) is 44.9 Å². The van der Waals surface area contributed by atoms with E-state index in [1.165, 1.54) is 6.20 Å². The van der Waals surface area contributed by atoms with Gasteiger partial charge < -0.3 is 19.3 Å². The summed E-state index contributed by atoms with van der Waals surface area (Å²) in [5, 5.41) is 0. The topological polar surface area (TPSA) is 67.8 Å². The standard InChI is InChI=1S/C11H11BrF2N2O.C11H11BrN2O2/c12-7-3-9-10(15-5-7)11(13,14)4-8-6-17-2-1-16(8)9;12-7-3-9-11(13-5-7)10(15)4-8-6-16-2-1-14(8)9/h3,5,8H,1-2,4,6H2;3,5,8H,1-2,4,6H2. The molecule has 6 heterocycles. The Balaban J connectivity index is 0.000000139. The Morgan fingerprint density at radius 3 is 2.27 bits per heavy atom. The molecule has 2 fully saturated rings. The zero-order valence-corrected chi connectivity index (χ0v) is 20.8. The number of Topliss-reactive ketones (excluding diaryl/α,β-unsaturated/α-hetero) is 1. The maximum Gasteiger partial charge on any atom is 0.293 e. The maximum absolute atomic E-state index is 13.9. The molecule has 4 aliphatic heterocycles. The predicted octanol–water partition coefficient (Wildman–Crippen LogP) is 4.18. The van der Waals surface area contributed by atoms with Crippen molar-refractivity contribution < 1.29 is 23.0 Å². The Morgan fingerprint density at radius 2 is 1.55 bits per heavy atom. The van der Waals surface area contributed by atoms with Gasteiger partial charge in [-0.1, -0.05) is 0 Å². The Labute approximate surface area is 206 Å². The second-order valence-electron chi connectivity index (χ2n) is 8.42. The first-order chi connectivity index (χ1) is 15.8. The Morgan fingerprint density at radius 1 is 0.939 bits per heavy atom. The van der Waals surface area contributed by atoms with E-state index < -0.39 is 5.92 Å². The van der Waals surface area contributed by atoms with E-state index in [9.17, 15) is 13.6 Å². The number of hydrogen-bond acceptors (Lipinski definition) is 7. The van der Waals surface area contributed by atoms with Gasteiger partial charge in [0.2, 0.25) is 0 Å². The van der Waals surface area contributed by atoms with Crippen LogP contribution in [0.2, 0.25) is 0 Å². The number of ether oxygens (including phenoxy) is 2. The van der Waals surface area contributed by atoms with Gasteiger partial charge in [-0.05, 0) is 44.0 Å². The van der Waals surface area contributed by atoms with Crippen LogP contribution in [0.5, 0.6) is 0 Å². The van der Waals surface area contributed by atoms with Crippen LogP contribution in [-0.4, -0.2) is 67.4 Å². The summed E-state index contributed by atoms with van der Waals surface area (Å²) in [6.07, 6.45) is 3.40. The molecule has 2 aromatic heterocycles. The second kappa shape index (κ2) is 9.16. The third-order valence-electron chi connectivity index (χ3n) is 6.27. The number of morpholine rings is 2. The summed E-state index contributed by atoms with van der Waals surface area (Å²) in [4.78, 5) is 24.2. The number of carbonyl (C=O) groups is 1. The summed E-state index contributed by atoms with van der Waals surface area (Å²) in [6.45, 7) is 3.78. The number of fused-ring (bicyclic) bond motifs is 6. The van der Waals surface area contributed by atoms with E-state index >= 15 is 0 Å². The Bertz CT molecular complexity index is 1070. The van der Waals surface area contributed by atoms with Gasteiger partial charge in [0.25, 0.3) is 5.92 Å². The molecule has 2 atom stereocenters. The zero-order valence-electron chi connectivity index (χ0n) is 17.6. The number of carbonyl (C=O) groups excluding carboxylic acids is 1. The van der Waals surface area contributed by atoms with Gasteiger partial charge in [0.05, 0.1) is 49.9 Å². The van der Waals surface area contributed by atoms with Gasteiger partial charge in [0, 0.05) is 47.3 Å². The van der Waals surface area contributed by atoms with Crippen molar-refractivity contribution >= 4 is 49.0 Å². The smallest absolute Gasteiger partial charge is 0.293 e. The van der Waals surface area contributed by atoms with E-state index in [-0.39, 0.29) is 30.0 Å². The number of pyridine rings is 2. The molecular weight excluding hydrogens is 566 g/mol. The molecule has 11 heteroatoms. The molecule has 0 spiro atoms. The molecule has 0 N–H and O–H groups in total. The highest BCUT2D eigenvalue weighted by Gasteiger charge is 2.46. The molecule has 0 bridgehead atoms. The predicted molar refractivity (Wildman–Crippen MR) is 125 cm³/mol. The summed E-state index contributed by atoms with van der Waals surface area (Å²) in [5.74, 6) is -2.74. The molecule has 2 aromatic rings. The lowest BCUT2D eigenvalue weighted by Gasteiger charge is -2.43. The molecule has 0 aliphatic carbocycles. The molecule has 4 aliphatic rings. The first-order valence-corrected chi connectivity index (χ1v) is 12.3. The number of rotatable bonds is 0. The summed E-state index contributed by atoms with van der Waals surface area (Å²) in [7, 11) is 0. The summed E-state index contributed by atoms with van der Waals surface area (Å²) in [5.41, 5.74) is 1.96. The third-order valence-corrected chi connectivity index (χ3v) is 7.13. The lowest BCUT2D eigenvalue weighted by atomic mass is 9.96. The van der Waals surface area contributed by atoms with E-state index in [0.717, 1.165) is 27.8 Å². The maximum atomic E-state index is 13.9. The van der Waals surface area contributed by atoms with E-state index in [4.69, 9.17) is 9.47 Å². The molecule has 0 saturated carbocycles. The van der Waals surface area contributed by atoms with Crippen molar-refractivity contribution in [1.29, 1.82) is 0 Å². The first kappa shape index (κ1) is 23.1. The molecule has 0 aromatic carbocycles. The van der Waals surface area contributed by atoms with Crippen LogP contribution in [0.15, 0.2) is 33.5 Å². The highest BCUT2D eigenvalue weighted by Crippen LogP contribution is 2.45. The van der Waals surface area contributed by atoms with Crippen molar-refractivity contribution in [2.45, 2.75) is 30.8 Å². The van der Waals surface area contributed by atoms with Gasteiger partial charge in [-0.2, -0.15) is 8.78 Å². The van der Waals surface area contributed by atoms with Crippen molar-refractivity contribution in [3.8, 4) is 0 Å². The number of ketones is 1. The minimum atomic E-state index is -2.86. The largest absolute Gasteiger partial charge is 0.377 e. The number of anilines is 2. The molecule has 6 rings (SSSR count). The first-order valence-electron chi connectivity index (χ1n) is 10.7. The molecule has 7 nitrogen and oxygen atoms in total. The Kier molecular flexibility index (Phi) is 6.41. The molecule has 33 heavy (non-hydrogen) atoms. The molecular formula is C22H22Br2F2N4O3. The van der Waals surface area contributed by atoms with Crippen LogP contribution in [0.4, 0.5) is 20.2 Å². The second-order valence-corrected chi connectivity index (χ2v) is 10.3. The minimum Gasteiger partial charge on any atom is -0.377 e. The van der Waals surface area contributed by atoms with Crippen molar-refractivity contribution in [2.24, 2.45) is 0 Å². The minimum absolute atomic E-state index is 0.112. The fraction of sp³-hybridized carbons (Fsp3) is 0.500. The molecule has 2 saturated heterocycles. The Hall–Kier alpha value is -1.69. The van der Waals surface area contributed by atoms with E-state index in [2.05, 4.69) is 46.7 Å². The highest BCUT2D eigenvalue weighted by molar-refractivity contribution is 9.10. The fourth-order valence-electron chi connectivity index (χ4n) is 4.78. The quantitative estimate of drug-likeness (QED) is 0.458. The van der Waals surface area contributed by atoms with E-state index in [0.29, 0.717) is 44.2 Å². The van der Waals surface area contributed by atoms with Crippen molar-refractivity contribution in [2.75, 3.05) is 49.3 Å². The number of alkyl halides is 2. The number of aromatic nitrogens is 2. The van der Waals surface area contributed by atoms with Crippen LogP contribution < -0.4 is 9.80 Å². The van der Waals surface area contributed by atoms with Gasteiger partial charge in [-0.15, -0.1) is 0 Å². The molecule has 0 radical (unpaired) electrons. The average molecular weight is 588 g/mol. The van der Waals surface area contributed by atoms with Crippen LogP contribution in [0.3, 0.4) is 0 Å². The third kappa shape index (κ3) is 4.52. The molecule has 176 valence electrons. The fourth-order valence-corrected chi connectivity index (χ4v) is 5.42. The lowest BCUT2D eigenvalue weighted by molar-refractivity contribution is -0.0465. The van der Waals surface area contributed by atoms with Crippen LogP contribution >= 0.6 is 31.9 Å².